The molecule has 3 N–H and O–H groups in total. The van der Waals surface area contributed by atoms with E-state index in [9.17, 15) is 9.90 Å². The monoisotopic (exact) mass is 332 g/mol. The van der Waals surface area contributed by atoms with E-state index in [0.717, 1.165) is 0 Å². The van der Waals surface area contributed by atoms with Gasteiger partial charge in [-0.2, -0.15) is 0 Å². The molecule has 0 spiro atoms. The fourth-order valence-electron chi connectivity index (χ4n) is 2.14. The van der Waals surface area contributed by atoms with Gasteiger partial charge in [-0.25, -0.2) is 4.79 Å². The highest BCUT2D eigenvalue weighted by molar-refractivity contribution is 5.90. The van der Waals surface area contributed by atoms with E-state index in [1.54, 1.807) is 36.4 Å². The lowest BCUT2D eigenvalue weighted by atomic mass is 10.0. The van der Waals surface area contributed by atoms with Crippen molar-refractivity contribution in [2.24, 2.45) is 0 Å². The molecule has 1 aromatic rings. The number of benzene rings is 1. The summed E-state index contributed by atoms with van der Waals surface area (Å²) >= 11 is 0. The lowest BCUT2D eigenvalue weighted by Gasteiger charge is -2.16. The SMILES string of the molecule is O=C1O/C=C/C(OCC(O)O)C/C=C/C=C\1C(O)c1ccccc1. The quantitative estimate of drug-likeness (QED) is 0.556. The third-order valence-corrected chi connectivity index (χ3v) is 3.35. The van der Waals surface area contributed by atoms with E-state index in [1.165, 1.54) is 18.4 Å². The number of carbonyl (C=O) groups excluding carboxylic acids is 1. The molecule has 0 aliphatic carbocycles. The molecule has 1 aliphatic rings. The lowest BCUT2D eigenvalue weighted by molar-refractivity contribution is -0.135. The van der Waals surface area contributed by atoms with Gasteiger partial charge in [-0.1, -0.05) is 42.5 Å². The van der Waals surface area contributed by atoms with Crippen molar-refractivity contribution in [3.8, 4) is 0 Å². The zero-order valence-electron chi connectivity index (χ0n) is 13.0. The van der Waals surface area contributed by atoms with Crippen LogP contribution in [-0.4, -0.2) is 40.3 Å². The molecule has 1 aromatic carbocycles. The molecule has 1 aliphatic heterocycles. The first-order valence-corrected chi connectivity index (χ1v) is 7.53. The number of aliphatic hydroxyl groups is 3. The van der Waals surface area contributed by atoms with Gasteiger partial charge in [0.2, 0.25) is 0 Å². The summed E-state index contributed by atoms with van der Waals surface area (Å²) in [6.45, 7) is -0.245. The average Bonchev–Trinajstić information content (AvgIpc) is 2.59. The summed E-state index contributed by atoms with van der Waals surface area (Å²) in [5, 5.41) is 28.0. The largest absolute Gasteiger partial charge is 0.431 e. The number of ether oxygens (including phenoxy) is 2. The molecule has 2 rings (SSSR count). The van der Waals surface area contributed by atoms with Crippen LogP contribution in [0.15, 0.2) is 66.5 Å². The fraction of sp³-hybridized carbons (Fsp3) is 0.278. The minimum atomic E-state index is -1.56. The van der Waals surface area contributed by atoms with Gasteiger partial charge < -0.3 is 24.8 Å². The Bertz CT molecular complexity index is 618. The maximum absolute atomic E-state index is 12.2. The summed E-state index contributed by atoms with van der Waals surface area (Å²) in [5.74, 6) is -0.671. The van der Waals surface area contributed by atoms with E-state index in [0.29, 0.717) is 12.0 Å². The molecule has 2 unspecified atom stereocenters. The van der Waals surface area contributed by atoms with Crippen molar-refractivity contribution in [2.45, 2.75) is 24.9 Å². The van der Waals surface area contributed by atoms with Crippen molar-refractivity contribution >= 4 is 5.97 Å². The molecular formula is C18H20O6. The lowest BCUT2D eigenvalue weighted by Crippen LogP contribution is -2.20. The second-order valence-corrected chi connectivity index (χ2v) is 5.19. The van der Waals surface area contributed by atoms with Crippen LogP contribution in [0.25, 0.3) is 0 Å². The number of hydrogen-bond acceptors (Lipinski definition) is 6. The molecule has 6 heteroatoms. The van der Waals surface area contributed by atoms with Gasteiger partial charge in [0.05, 0.1) is 24.5 Å². The van der Waals surface area contributed by atoms with Crippen molar-refractivity contribution in [1.82, 2.24) is 0 Å². The van der Waals surface area contributed by atoms with E-state index in [2.05, 4.69) is 0 Å². The number of allylic oxidation sites excluding steroid dienone is 2. The number of rotatable bonds is 5. The molecule has 0 aromatic heterocycles. The average molecular weight is 332 g/mol. The zero-order chi connectivity index (χ0) is 17.4. The predicted octanol–water partition coefficient (Wildman–Crippen LogP) is 1.36. The molecule has 24 heavy (non-hydrogen) atoms. The molecule has 0 bridgehead atoms. The van der Waals surface area contributed by atoms with Crippen molar-refractivity contribution < 1.29 is 29.6 Å². The first-order chi connectivity index (χ1) is 11.6. The third-order valence-electron chi connectivity index (χ3n) is 3.35. The van der Waals surface area contributed by atoms with Crippen LogP contribution in [0.3, 0.4) is 0 Å². The maximum atomic E-state index is 12.2. The smallest absolute Gasteiger partial charge is 0.341 e. The normalized spacial score (nSPS) is 24.6. The van der Waals surface area contributed by atoms with E-state index in [-0.39, 0.29) is 12.2 Å². The van der Waals surface area contributed by atoms with E-state index < -0.39 is 24.5 Å². The number of cyclic esters (lactones) is 1. The van der Waals surface area contributed by atoms with Gasteiger partial charge in [0, 0.05) is 0 Å². The summed E-state index contributed by atoms with van der Waals surface area (Å²) in [6, 6.07) is 8.82. The van der Waals surface area contributed by atoms with Crippen LogP contribution in [0.2, 0.25) is 0 Å². The molecule has 0 radical (unpaired) electrons. The Labute approximate surface area is 140 Å². The molecular weight excluding hydrogens is 312 g/mol. The number of hydrogen-bond donors (Lipinski definition) is 3. The second-order valence-electron chi connectivity index (χ2n) is 5.19. The minimum Gasteiger partial charge on any atom is -0.431 e. The Hall–Kier alpha value is -2.25. The minimum absolute atomic E-state index is 0.118. The van der Waals surface area contributed by atoms with Gasteiger partial charge in [0.1, 0.15) is 6.10 Å². The summed E-state index contributed by atoms with van der Waals surface area (Å²) < 4.78 is 10.3. The molecule has 2 atom stereocenters. The van der Waals surface area contributed by atoms with Crippen molar-refractivity contribution in [2.75, 3.05) is 6.61 Å². The topological polar surface area (TPSA) is 96.2 Å². The Kier molecular flexibility index (Phi) is 6.89. The van der Waals surface area contributed by atoms with Crippen LogP contribution in [0.5, 0.6) is 0 Å². The maximum Gasteiger partial charge on any atom is 0.341 e. The van der Waals surface area contributed by atoms with Crippen LogP contribution in [-0.2, 0) is 14.3 Å². The van der Waals surface area contributed by atoms with E-state index in [4.69, 9.17) is 19.7 Å². The molecule has 0 saturated carbocycles. The van der Waals surface area contributed by atoms with Gasteiger partial charge in [-0.15, -0.1) is 0 Å². The number of esters is 1. The van der Waals surface area contributed by atoms with Crippen molar-refractivity contribution in [1.29, 1.82) is 0 Å². The van der Waals surface area contributed by atoms with Gasteiger partial charge >= 0.3 is 5.97 Å². The van der Waals surface area contributed by atoms with Crippen LogP contribution < -0.4 is 0 Å². The highest BCUT2D eigenvalue weighted by atomic mass is 16.6. The summed E-state index contributed by atoms with van der Waals surface area (Å²) in [4.78, 5) is 12.2. The van der Waals surface area contributed by atoms with Crippen LogP contribution in [0, 0.1) is 0 Å². The van der Waals surface area contributed by atoms with Gasteiger partial charge in [0.15, 0.2) is 6.29 Å². The summed E-state index contributed by atoms with van der Waals surface area (Å²) in [6.07, 6.45) is 4.92. The van der Waals surface area contributed by atoms with Crippen LogP contribution in [0.4, 0.5) is 0 Å². The fourth-order valence-corrected chi connectivity index (χ4v) is 2.14. The van der Waals surface area contributed by atoms with Crippen molar-refractivity contribution in [3.63, 3.8) is 0 Å². The zero-order valence-corrected chi connectivity index (χ0v) is 13.0. The van der Waals surface area contributed by atoms with E-state index in [1.807, 2.05) is 6.07 Å². The third kappa shape index (κ3) is 5.43. The second kappa shape index (κ2) is 9.14. The Morgan fingerprint density at radius 1 is 1.21 bits per heavy atom. The first-order valence-electron chi connectivity index (χ1n) is 7.53. The first kappa shape index (κ1) is 18.1. The predicted molar refractivity (Wildman–Crippen MR) is 86.4 cm³/mol. The van der Waals surface area contributed by atoms with Gasteiger partial charge in [-0.05, 0) is 24.1 Å². The molecule has 0 fully saturated rings. The molecule has 128 valence electrons. The number of aliphatic hydroxyl groups excluding tert-OH is 2. The molecule has 1 heterocycles. The van der Waals surface area contributed by atoms with Gasteiger partial charge in [-0.3, -0.25) is 0 Å². The molecule has 6 nitrogen and oxygen atoms in total. The summed E-state index contributed by atoms with van der Waals surface area (Å²) in [7, 11) is 0. The Morgan fingerprint density at radius 2 is 1.96 bits per heavy atom. The van der Waals surface area contributed by atoms with E-state index >= 15 is 0 Å². The standard InChI is InChI=1S/C18H20O6/c19-16(20)12-24-14-8-4-5-9-15(18(22)23-11-10-14)17(21)13-6-2-1-3-7-13/h1-7,9-11,14,16-17,19-21H,8,12H2/b5-4+,11-10+,15-9-. The van der Waals surface area contributed by atoms with Crippen LogP contribution in [0.1, 0.15) is 18.1 Å². The van der Waals surface area contributed by atoms with Crippen LogP contribution >= 0.6 is 0 Å². The molecule has 0 amide bonds. The Morgan fingerprint density at radius 3 is 2.67 bits per heavy atom. The summed E-state index contributed by atoms with van der Waals surface area (Å²) in [5.41, 5.74) is 0.709. The highest BCUT2D eigenvalue weighted by Crippen LogP contribution is 2.23. The number of carbonyl (C=O) groups is 1. The molecule has 0 saturated heterocycles. The van der Waals surface area contributed by atoms with Gasteiger partial charge in [0.25, 0.3) is 0 Å². The highest BCUT2D eigenvalue weighted by Gasteiger charge is 2.21. The van der Waals surface area contributed by atoms with Crippen molar-refractivity contribution in [3.05, 3.63) is 72.0 Å². The Balaban J connectivity index is 2.12.